The molecule has 0 N–H and O–H groups in total. The van der Waals surface area contributed by atoms with Crippen molar-refractivity contribution in [3.05, 3.63) is 41.8 Å². The van der Waals surface area contributed by atoms with Gasteiger partial charge in [0.25, 0.3) is 0 Å². The van der Waals surface area contributed by atoms with Crippen LogP contribution in [0.5, 0.6) is 0 Å². The fourth-order valence-electron chi connectivity index (χ4n) is 3.53. The molecule has 25 heavy (non-hydrogen) atoms. The Bertz CT molecular complexity index is 869. The molecule has 1 fully saturated rings. The van der Waals surface area contributed by atoms with E-state index in [0.717, 1.165) is 43.9 Å². The Kier molecular flexibility index (Phi) is 4.27. The second-order valence-electron chi connectivity index (χ2n) is 6.80. The van der Waals surface area contributed by atoms with Gasteiger partial charge in [-0.1, -0.05) is 17.3 Å². The fourth-order valence-corrected chi connectivity index (χ4v) is 3.53. The highest BCUT2D eigenvalue weighted by molar-refractivity contribution is 5.75. The van der Waals surface area contributed by atoms with E-state index in [1.165, 1.54) is 5.52 Å². The zero-order valence-electron chi connectivity index (χ0n) is 15.0. The minimum atomic E-state index is 0.162. The van der Waals surface area contributed by atoms with Crippen LogP contribution in [0.25, 0.3) is 11.0 Å². The van der Waals surface area contributed by atoms with E-state index in [1.807, 2.05) is 13.0 Å². The molecule has 0 saturated carbocycles. The SMILES string of the molecule is Cc1noc([C@H]2CN(CCc3nc4ccccc4n3C)CCN2C)n1. The van der Waals surface area contributed by atoms with Crippen LogP contribution in [0.3, 0.4) is 0 Å². The Morgan fingerprint density at radius 1 is 1.16 bits per heavy atom. The van der Waals surface area contributed by atoms with Gasteiger partial charge in [0, 0.05) is 39.6 Å². The monoisotopic (exact) mass is 340 g/mol. The summed E-state index contributed by atoms with van der Waals surface area (Å²) in [5.41, 5.74) is 2.26. The Balaban J connectivity index is 1.44. The van der Waals surface area contributed by atoms with Crippen molar-refractivity contribution in [2.75, 3.05) is 33.2 Å². The smallest absolute Gasteiger partial charge is 0.245 e. The van der Waals surface area contributed by atoms with Gasteiger partial charge in [-0.05, 0) is 26.1 Å². The van der Waals surface area contributed by atoms with Crippen LogP contribution in [0.4, 0.5) is 0 Å². The largest absolute Gasteiger partial charge is 0.338 e. The maximum Gasteiger partial charge on any atom is 0.245 e. The average Bonchev–Trinajstić information content (AvgIpc) is 3.18. The molecule has 0 amide bonds. The third-order valence-corrected chi connectivity index (χ3v) is 5.09. The second kappa shape index (κ2) is 6.57. The average molecular weight is 340 g/mol. The van der Waals surface area contributed by atoms with Crippen LogP contribution in [0.1, 0.15) is 23.6 Å². The lowest BCUT2D eigenvalue weighted by Crippen LogP contribution is -2.47. The molecular weight excluding hydrogens is 316 g/mol. The number of fused-ring (bicyclic) bond motifs is 1. The van der Waals surface area contributed by atoms with E-state index < -0.39 is 0 Å². The van der Waals surface area contributed by atoms with Gasteiger partial charge in [0.2, 0.25) is 5.89 Å². The molecule has 1 atom stereocenters. The Morgan fingerprint density at radius 2 is 2.00 bits per heavy atom. The number of hydrogen-bond acceptors (Lipinski definition) is 6. The van der Waals surface area contributed by atoms with Crippen molar-refractivity contribution >= 4 is 11.0 Å². The zero-order valence-corrected chi connectivity index (χ0v) is 15.0. The standard InChI is InChI=1S/C18H24N6O/c1-13-19-18(25-21-13)16-12-24(11-10-22(16)2)9-8-17-20-14-6-4-5-7-15(14)23(17)3/h4-7,16H,8-12H2,1-3H3/t16-/m1/s1. The van der Waals surface area contributed by atoms with Gasteiger partial charge >= 0.3 is 0 Å². The van der Waals surface area contributed by atoms with Gasteiger partial charge < -0.3 is 9.09 Å². The van der Waals surface area contributed by atoms with Crippen molar-refractivity contribution in [2.24, 2.45) is 7.05 Å². The zero-order chi connectivity index (χ0) is 17.4. The molecule has 4 rings (SSSR count). The summed E-state index contributed by atoms with van der Waals surface area (Å²) in [5, 5.41) is 3.94. The van der Waals surface area contributed by atoms with Gasteiger partial charge in [-0.25, -0.2) is 4.98 Å². The highest BCUT2D eigenvalue weighted by Crippen LogP contribution is 2.23. The number of likely N-dealkylation sites (N-methyl/N-ethyl adjacent to an activating group) is 1. The topological polar surface area (TPSA) is 63.2 Å². The predicted molar refractivity (Wildman–Crippen MR) is 95.3 cm³/mol. The molecule has 132 valence electrons. The van der Waals surface area contributed by atoms with Crippen molar-refractivity contribution in [1.29, 1.82) is 0 Å². The summed E-state index contributed by atoms with van der Waals surface area (Å²) in [6, 6.07) is 8.45. The number of para-hydroxylation sites is 2. The van der Waals surface area contributed by atoms with Crippen LogP contribution < -0.4 is 0 Å². The van der Waals surface area contributed by atoms with Crippen molar-refractivity contribution < 1.29 is 4.52 Å². The van der Waals surface area contributed by atoms with Crippen LogP contribution >= 0.6 is 0 Å². The first-order valence-electron chi connectivity index (χ1n) is 8.75. The first-order chi connectivity index (χ1) is 12.1. The van der Waals surface area contributed by atoms with Gasteiger partial charge in [0.15, 0.2) is 5.82 Å². The summed E-state index contributed by atoms with van der Waals surface area (Å²) in [6.07, 6.45) is 0.935. The molecular formula is C18H24N6O. The van der Waals surface area contributed by atoms with Gasteiger partial charge in [0.1, 0.15) is 11.9 Å². The molecule has 2 aromatic heterocycles. The van der Waals surface area contributed by atoms with Crippen LogP contribution in [-0.2, 0) is 13.5 Å². The van der Waals surface area contributed by atoms with Crippen LogP contribution in [-0.4, -0.2) is 62.7 Å². The summed E-state index contributed by atoms with van der Waals surface area (Å²) >= 11 is 0. The number of hydrogen-bond donors (Lipinski definition) is 0. The first kappa shape index (κ1) is 16.2. The molecule has 0 spiro atoms. The highest BCUT2D eigenvalue weighted by Gasteiger charge is 2.29. The Hall–Kier alpha value is -2.25. The number of nitrogens with zero attached hydrogens (tertiary/aromatic N) is 6. The van der Waals surface area contributed by atoms with Gasteiger partial charge in [0.05, 0.1) is 11.0 Å². The van der Waals surface area contributed by atoms with Crippen LogP contribution in [0.2, 0.25) is 0 Å². The summed E-state index contributed by atoms with van der Waals surface area (Å²) in [7, 11) is 4.21. The molecule has 1 aromatic carbocycles. The summed E-state index contributed by atoms with van der Waals surface area (Å²) < 4.78 is 7.60. The minimum absolute atomic E-state index is 0.162. The molecule has 3 aromatic rings. The van der Waals surface area contributed by atoms with Crippen LogP contribution in [0, 0.1) is 6.92 Å². The molecule has 1 aliphatic rings. The lowest BCUT2D eigenvalue weighted by atomic mass is 10.1. The predicted octanol–water partition coefficient (Wildman–Crippen LogP) is 1.80. The van der Waals surface area contributed by atoms with E-state index in [0.29, 0.717) is 11.7 Å². The third kappa shape index (κ3) is 3.17. The number of benzene rings is 1. The maximum atomic E-state index is 5.40. The third-order valence-electron chi connectivity index (χ3n) is 5.09. The lowest BCUT2D eigenvalue weighted by Gasteiger charge is -2.37. The number of aryl methyl sites for hydroxylation is 2. The lowest BCUT2D eigenvalue weighted by molar-refractivity contribution is 0.0763. The maximum absolute atomic E-state index is 5.40. The number of imidazole rings is 1. The van der Waals surface area contributed by atoms with Crippen LogP contribution in [0.15, 0.2) is 28.8 Å². The van der Waals surface area contributed by atoms with Crippen molar-refractivity contribution in [3.8, 4) is 0 Å². The van der Waals surface area contributed by atoms with Gasteiger partial charge in [-0.15, -0.1) is 0 Å². The van der Waals surface area contributed by atoms with Gasteiger partial charge in [-0.2, -0.15) is 4.98 Å². The number of piperazine rings is 1. The minimum Gasteiger partial charge on any atom is -0.338 e. The van der Waals surface area contributed by atoms with E-state index >= 15 is 0 Å². The quantitative estimate of drug-likeness (QED) is 0.722. The highest BCUT2D eigenvalue weighted by atomic mass is 16.5. The van der Waals surface area contributed by atoms with E-state index in [4.69, 9.17) is 9.51 Å². The molecule has 0 unspecified atom stereocenters. The van der Waals surface area contributed by atoms with Gasteiger partial charge in [-0.3, -0.25) is 9.80 Å². The normalized spacial score (nSPS) is 19.7. The number of rotatable bonds is 4. The summed E-state index contributed by atoms with van der Waals surface area (Å²) in [5.74, 6) is 2.54. The molecule has 7 heteroatoms. The molecule has 3 heterocycles. The number of aromatic nitrogens is 4. The van der Waals surface area contributed by atoms with E-state index in [9.17, 15) is 0 Å². The van der Waals surface area contributed by atoms with Crippen molar-refractivity contribution in [3.63, 3.8) is 0 Å². The van der Waals surface area contributed by atoms with E-state index in [1.54, 1.807) is 0 Å². The molecule has 0 radical (unpaired) electrons. The summed E-state index contributed by atoms with van der Waals surface area (Å²) in [6.45, 7) is 5.79. The van der Waals surface area contributed by atoms with E-state index in [2.05, 4.69) is 56.8 Å². The Labute approximate surface area is 147 Å². The summed E-state index contributed by atoms with van der Waals surface area (Å²) in [4.78, 5) is 13.9. The molecule has 1 saturated heterocycles. The first-order valence-corrected chi connectivity index (χ1v) is 8.75. The second-order valence-corrected chi connectivity index (χ2v) is 6.80. The van der Waals surface area contributed by atoms with Crippen molar-refractivity contribution in [2.45, 2.75) is 19.4 Å². The fraction of sp³-hybridized carbons (Fsp3) is 0.500. The molecule has 0 aliphatic carbocycles. The molecule has 0 bridgehead atoms. The van der Waals surface area contributed by atoms with E-state index in [-0.39, 0.29) is 6.04 Å². The van der Waals surface area contributed by atoms with Crippen molar-refractivity contribution in [1.82, 2.24) is 29.5 Å². The molecule has 1 aliphatic heterocycles. The Morgan fingerprint density at radius 3 is 2.76 bits per heavy atom. The molecule has 7 nitrogen and oxygen atoms in total.